The lowest BCUT2D eigenvalue weighted by Crippen LogP contribution is -2.43. The number of rotatable bonds is 7. The normalized spacial score (nSPS) is 14.6. The predicted molar refractivity (Wildman–Crippen MR) is 77.2 cm³/mol. The Morgan fingerprint density at radius 1 is 1.35 bits per heavy atom. The van der Waals surface area contributed by atoms with Crippen molar-refractivity contribution < 1.29 is 22.8 Å². The van der Waals surface area contributed by atoms with Gasteiger partial charge < -0.3 is 5.32 Å². The number of carbonyl (C=O) groups excluding carboxylic acids is 2. The van der Waals surface area contributed by atoms with Gasteiger partial charge >= 0.3 is 6.18 Å². The van der Waals surface area contributed by atoms with Crippen LogP contribution in [0.25, 0.3) is 0 Å². The largest absolute Gasteiger partial charge is 0.401 e. The molecule has 1 rings (SSSR count). The molecule has 7 nitrogen and oxygen atoms in total. The van der Waals surface area contributed by atoms with E-state index < -0.39 is 34.9 Å². The number of halogens is 3. The third-order valence-corrected chi connectivity index (χ3v) is 3.79. The molecule has 0 radical (unpaired) electrons. The molecule has 0 aromatic carbocycles. The second-order valence-electron chi connectivity index (χ2n) is 5.37. The summed E-state index contributed by atoms with van der Waals surface area (Å²) in [4.78, 5) is 22.9. The summed E-state index contributed by atoms with van der Waals surface area (Å²) in [5.74, 6) is -3.85. The molecule has 23 heavy (non-hydrogen) atoms. The molecule has 1 unspecified atom stereocenters. The van der Waals surface area contributed by atoms with E-state index in [2.05, 4.69) is 25.9 Å². The number of aromatic amines is 1. The Morgan fingerprint density at radius 3 is 2.43 bits per heavy atom. The quantitative estimate of drug-likeness (QED) is 0.776. The van der Waals surface area contributed by atoms with E-state index in [4.69, 9.17) is 0 Å². The van der Waals surface area contributed by atoms with Crippen molar-refractivity contribution in [3.8, 4) is 0 Å². The number of carbonyl (C=O) groups is 2. The summed E-state index contributed by atoms with van der Waals surface area (Å²) < 4.78 is 39.1. The van der Waals surface area contributed by atoms with Crippen LogP contribution in [0.3, 0.4) is 0 Å². The van der Waals surface area contributed by atoms with Crippen LogP contribution in [0.1, 0.15) is 39.1 Å². The van der Waals surface area contributed by atoms with Gasteiger partial charge in [-0.25, -0.2) is 5.10 Å². The minimum absolute atomic E-state index is 0.0985. The summed E-state index contributed by atoms with van der Waals surface area (Å²) in [7, 11) is 0. The fourth-order valence-electron chi connectivity index (χ4n) is 1.82. The molecule has 0 saturated heterocycles. The molecule has 1 heterocycles. The lowest BCUT2D eigenvalue weighted by molar-refractivity contribution is -0.178. The van der Waals surface area contributed by atoms with Crippen LogP contribution in [0.15, 0.2) is 0 Å². The van der Waals surface area contributed by atoms with Gasteiger partial charge in [-0.2, -0.15) is 13.2 Å². The van der Waals surface area contributed by atoms with E-state index in [1.165, 1.54) is 0 Å². The highest BCUT2D eigenvalue weighted by molar-refractivity contribution is 8.13. The van der Waals surface area contributed by atoms with Gasteiger partial charge in [-0.05, 0) is 22.8 Å². The maximum absolute atomic E-state index is 13.0. The molecule has 11 heteroatoms. The number of hydrogen-bond donors (Lipinski definition) is 2. The zero-order valence-electron chi connectivity index (χ0n) is 12.8. The van der Waals surface area contributed by atoms with E-state index in [-0.39, 0.29) is 11.7 Å². The van der Waals surface area contributed by atoms with E-state index in [1.54, 1.807) is 0 Å². The van der Waals surface area contributed by atoms with Crippen LogP contribution in [0.4, 0.5) is 13.2 Å². The van der Waals surface area contributed by atoms with Gasteiger partial charge in [-0.1, -0.05) is 25.6 Å². The van der Waals surface area contributed by atoms with Crippen molar-refractivity contribution in [2.45, 2.75) is 39.4 Å². The smallest absolute Gasteiger partial charge is 0.345 e. The van der Waals surface area contributed by atoms with Crippen LogP contribution in [0.5, 0.6) is 0 Å². The number of nitrogens with one attached hydrogen (secondary N) is 2. The zero-order valence-corrected chi connectivity index (χ0v) is 13.7. The summed E-state index contributed by atoms with van der Waals surface area (Å²) in [6, 6.07) is -0.760. The van der Waals surface area contributed by atoms with Crippen molar-refractivity contribution in [2.24, 2.45) is 11.8 Å². The van der Waals surface area contributed by atoms with Gasteiger partial charge in [0.05, 0.1) is 6.04 Å². The molecular weight excluding hydrogens is 335 g/mol. The zero-order chi connectivity index (χ0) is 17.6. The van der Waals surface area contributed by atoms with Gasteiger partial charge in [0, 0.05) is 12.7 Å². The molecule has 1 aromatic heterocycles. The van der Waals surface area contributed by atoms with Crippen LogP contribution < -0.4 is 5.32 Å². The number of aromatic nitrogens is 4. The maximum atomic E-state index is 13.0. The first-order valence-electron chi connectivity index (χ1n) is 6.85. The average Bonchev–Trinajstić information content (AvgIpc) is 2.89. The Balaban J connectivity index is 2.86. The topological polar surface area (TPSA) is 101 Å². The Kier molecular flexibility index (Phi) is 6.98. The fourth-order valence-corrected chi connectivity index (χ4v) is 2.56. The van der Waals surface area contributed by atoms with Crippen molar-refractivity contribution in [3.63, 3.8) is 0 Å². The van der Waals surface area contributed by atoms with Gasteiger partial charge in [0.15, 0.2) is 10.9 Å². The minimum atomic E-state index is -4.74. The van der Waals surface area contributed by atoms with E-state index in [1.807, 2.05) is 13.8 Å². The first-order chi connectivity index (χ1) is 10.6. The van der Waals surface area contributed by atoms with Crippen molar-refractivity contribution in [2.75, 3.05) is 5.75 Å². The maximum Gasteiger partial charge on any atom is 0.401 e. The third kappa shape index (κ3) is 6.55. The Hall–Kier alpha value is -1.65. The van der Waals surface area contributed by atoms with E-state index in [0.29, 0.717) is 18.2 Å². The SMILES string of the molecule is CC(=O)SC[C@H](C(=O)NC(CC(C)C)c1nnn[nH]1)C(F)(F)F. The highest BCUT2D eigenvalue weighted by Gasteiger charge is 2.45. The molecule has 1 amide bonds. The molecule has 0 fully saturated rings. The molecule has 0 saturated carbocycles. The number of H-pyrrole nitrogens is 1. The van der Waals surface area contributed by atoms with E-state index >= 15 is 0 Å². The van der Waals surface area contributed by atoms with Crippen molar-refractivity contribution in [1.29, 1.82) is 0 Å². The lowest BCUT2D eigenvalue weighted by Gasteiger charge is -2.23. The Labute approximate surface area is 135 Å². The lowest BCUT2D eigenvalue weighted by atomic mass is 10.0. The van der Waals surface area contributed by atoms with Crippen LogP contribution in [0, 0.1) is 11.8 Å². The Bertz CT molecular complexity index is 521. The molecule has 0 spiro atoms. The number of amides is 1. The summed E-state index contributed by atoms with van der Waals surface area (Å²) >= 11 is 0.465. The standard InChI is InChI=1S/C12H18F3N5O2S/c1-6(2)4-9(10-17-19-20-18-10)16-11(22)8(12(13,14)15)5-23-7(3)21/h6,8-9H,4-5H2,1-3H3,(H,16,22)(H,17,18,19,20)/t8-,9?/m1/s1. The summed E-state index contributed by atoms with van der Waals surface area (Å²) in [5.41, 5.74) is 0. The molecule has 2 N–H and O–H groups in total. The van der Waals surface area contributed by atoms with E-state index in [9.17, 15) is 22.8 Å². The Morgan fingerprint density at radius 2 is 2.00 bits per heavy atom. The van der Waals surface area contributed by atoms with Gasteiger partial charge in [-0.15, -0.1) is 5.10 Å². The van der Waals surface area contributed by atoms with Crippen LogP contribution in [-0.2, 0) is 9.59 Å². The van der Waals surface area contributed by atoms with Crippen LogP contribution >= 0.6 is 11.8 Å². The molecule has 0 aliphatic rings. The molecule has 0 aliphatic carbocycles. The first kappa shape index (κ1) is 19.4. The highest BCUT2D eigenvalue weighted by atomic mass is 32.2. The molecule has 0 aliphatic heterocycles. The van der Waals surface area contributed by atoms with Gasteiger partial charge in [0.25, 0.3) is 0 Å². The van der Waals surface area contributed by atoms with Crippen molar-refractivity contribution in [3.05, 3.63) is 5.82 Å². The monoisotopic (exact) mass is 353 g/mol. The molecular formula is C12H18F3N5O2S. The van der Waals surface area contributed by atoms with Crippen LogP contribution in [0.2, 0.25) is 0 Å². The van der Waals surface area contributed by atoms with Gasteiger partial charge in [0.2, 0.25) is 5.91 Å². The molecule has 130 valence electrons. The van der Waals surface area contributed by atoms with Gasteiger partial charge in [0.1, 0.15) is 5.92 Å². The molecule has 1 aromatic rings. The number of alkyl halides is 3. The predicted octanol–water partition coefficient (Wildman–Crippen LogP) is 1.86. The highest BCUT2D eigenvalue weighted by Crippen LogP contribution is 2.30. The molecule has 2 atom stereocenters. The number of tetrazole rings is 1. The average molecular weight is 353 g/mol. The number of thioether (sulfide) groups is 1. The third-order valence-electron chi connectivity index (χ3n) is 2.88. The summed E-state index contributed by atoms with van der Waals surface area (Å²) in [6.07, 6.45) is -4.37. The summed E-state index contributed by atoms with van der Waals surface area (Å²) in [5, 5.41) is 14.7. The number of hydrogen-bond acceptors (Lipinski definition) is 6. The molecule has 0 bridgehead atoms. The van der Waals surface area contributed by atoms with Crippen molar-refractivity contribution >= 4 is 22.8 Å². The van der Waals surface area contributed by atoms with Crippen molar-refractivity contribution in [1.82, 2.24) is 25.9 Å². The van der Waals surface area contributed by atoms with E-state index in [0.717, 1.165) is 6.92 Å². The van der Waals surface area contributed by atoms with Crippen LogP contribution in [-0.4, -0.2) is 43.6 Å². The number of nitrogens with zero attached hydrogens (tertiary/aromatic N) is 3. The van der Waals surface area contributed by atoms with Gasteiger partial charge in [-0.3, -0.25) is 9.59 Å². The minimum Gasteiger partial charge on any atom is -0.345 e. The second kappa shape index (κ2) is 8.27. The first-order valence-corrected chi connectivity index (χ1v) is 7.83. The second-order valence-corrected chi connectivity index (χ2v) is 6.57. The fraction of sp³-hybridized carbons (Fsp3) is 0.750. The summed E-state index contributed by atoms with van der Waals surface area (Å²) in [6.45, 7) is 4.86.